The molecule has 2 atom stereocenters. The van der Waals surface area contributed by atoms with Gasteiger partial charge in [-0.15, -0.1) is 11.3 Å². The largest absolute Gasteiger partial charge is 0.465 e. The van der Waals surface area contributed by atoms with Crippen molar-refractivity contribution in [2.75, 3.05) is 7.11 Å². The zero-order valence-electron chi connectivity index (χ0n) is 23.2. The zero-order valence-corrected chi connectivity index (χ0v) is 25.1. The molecule has 0 aliphatic heterocycles. The van der Waals surface area contributed by atoms with Crippen LogP contribution in [0.1, 0.15) is 100 Å². The van der Waals surface area contributed by atoms with Crippen molar-refractivity contribution in [1.29, 1.82) is 0 Å². The number of ether oxygens (including phenoxy) is 1. The molecule has 1 aromatic heterocycles. The van der Waals surface area contributed by atoms with Gasteiger partial charge in [0.25, 0.3) is 0 Å². The third-order valence-corrected chi connectivity index (χ3v) is 14.6. The van der Waals surface area contributed by atoms with Crippen molar-refractivity contribution in [3.05, 3.63) is 45.7 Å². The van der Waals surface area contributed by atoms with Crippen LogP contribution in [-0.4, -0.2) is 27.5 Å². The number of aryl methyl sites for hydroxylation is 1. The van der Waals surface area contributed by atoms with Gasteiger partial charge in [-0.1, -0.05) is 52.3 Å². The van der Waals surface area contributed by atoms with Crippen LogP contribution >= 0.6 is 11.3 Å². The molecule has 1 fully saturated rings. The topological polar surface area (TPSA) is 35.5 Å². The number of hydrogen-bond donors (Lipinski definition) is 0. The van der Waals surface area contributed by atoms with Crippen molar-refractivity contribution in [3.8, 4) is 0 Å². The number of methoxy groups -OCH3 is 1. The lowest BCUT2D eigenvalue weighted by molar-refractivity contribution is -0.0272. The number of thiophene rings is 1. The van der Waals surface area contributed by atoms with Gasteiger partial charge in [0.1, 0.15) is 4.88 Å². The average molecular weight is 517 g/mol. The lowest BCUT2D eigenvalue weighted by Crippen LogP contribution is -2.51. The average Bonchev–Trinajstić information content (AvgIpc) is 3.41. The third-order valence-electron chi connectivity index (χ3n) is 9.03. The molecule has 1 heterocycles. The zero-order chi connectivity index (χ0) is 25.7. The monoisotopic (exact) mass is 516 g/mol. The predicted molar refractivity (Wildman–Crippen MR) is 152 cm³/mol. The Morgan fingerprint density at radius 1 is 1.29 bits per heavy atom. The van der Waals surface area contributed by atoms with Gasteiger partial charge in [0.2, 0.25) is 0 Å². The van der Waals surface area contributed by atoms with Crippen molar-refractivity contribution >= 4 is 25.6 Å². The smallest absolute Gasteiger partial charge is 0.348 e. The Labute approximate surface area is 219 Å². The molecule has 0 aromatic carbocycles. The summed E-state index contributed by atoms with van der Waals surface area (Å²) in [4.78, 5) is 13.7. The second kappa shape index (κ2) is 11.9. The molecule has 3 nitrogen and oxygen atoms in total. The van der Waals surface area contributed by atoms with E-state index in [4.69, 9.17) is 9.16 Å². The molecular weight excluding hydrogens is 468 g/mol. The fourth-order valence-electron chi connectivity index (χ4n) is 5.36. The van der Waals surface area contributed by atoms with E-state index in [9.17, 15) is 4.79 Å². The lowest BCUT2D eigenvalue weighted by atomic mass is 9.63. The molecular formula is C30H48O3SSi. The van der Waals surface area contributed by atoms with Crippen molar-refractivity contribution < 1.29 is 14.0 Å². The summed E-state index contributed by atoms with van der Waals surface area (Å²) >= 11 is 1.57. The number of carbonyl (C=O) groups is 1. The van der Waals surface area contributed by atoms with Crippen LogP contribution in [0.4, 0.5) is 0 Å². The van der Waals surface area contributed by atoms with E-state index < -0.39 is 8.32 Å². The number of carbonyl (C=O) groups excluding carboxylic acids is 1. The highest BCUT2D eigenvalue weighted by Crippen LogP contribution is 2.51. The Morgan fingerprint density at radius 2 is 2.03 bits per heavy atom. The highest BCUT2D eigenvalue weighted by molar-refractivity contribution is 7.13. The minimum Gasteiger partial charge on any atom is -0.465 e. The van der Waals surface area contributed by atoms with Crippen LogP contribution in [-0.2, 0) is 15.6 Å². The standard InChI is InChI=1S/C30H48O3SSi/c1-8-30(21-12-22-30)27(33-35(6,7)29(2,3)4)18-11-16-24-14-9-13-23(24)15-10-17-25-19-20-26(34-25)28(31)32-5/h11,14,16,19-20,23,27H,8-10,12-13,15,17-18,21-22H2,1-7H3/t23-,27?/m1/s1. The summed E-state index contributed by atoms with van der Waals surface area (Å²) in [7, 11) is -0.362. The summed E-state index contributed by atoms with van der Waals surface area (Å²) in [5.74, 6) is 0.435. The van der Waals surface area contributed by atoms with Crippen LogP contribution in [0.5, 0.6) is 0 Å². The van der Waals surface area contributed by atoms with Gasteiger partial charge < -0.3 is 9.16 Å². The first-order valence-electron chi connectivity index (χ1n) is 13.7. The minimum atomic E-state index is -1.81. The first-order chi connectivity index (χ1) is 16.5. The van der Waals surface area contributed by atoms with Crippen LogP contribution in [0.15, 0.2) is 35.9 Å². The van der Waals surface area contributed by atoms with Gasteiger partial charge in [-0.25, -0.2) is 4.79 Å². The van der Waals surface area contributed by atoms with Crippen LogP contribution in [0.25, 0.3) is 0 Å². The summed E-state index contributed by atoms with van der Waals surface area (Å²) in [5.41, 5.74) is 1.91. The van der Waals surface area contributed by atoms with Crippen LogP contribution in [0, 0.1) is 11.3 Å². The Hall–Kier alpha value is -1.17. The van der Waals surface area contributed by atoms with Crippen molar-refractivity contribution in [2.45, 2.75) is 116 Å². The van der Waals surface area contributed by atoms with Gasteiger partial charge in [-0.05, 0) is 105 Å². The molecule has 0 N–H and O–H groups in total. The quantitative estimate of drug-likeness (QED) is 0.205. The molecule has 3 rings (SSSR count). The maximum Gasteiger partial charge on any atom is 0.348 e. The summed E-state index contributed by atoms with van der Waals surface area (Å²) in [5, 5.41) is 0.243. The van der Waals surface area contributed by atoms with Crippen molar-refractivity contribution in [3.63, 3.8) is 0 Å². The summed E-state index contributed by atoms with van der Waals surface area (Å²) in [6, 6.07) is 3.97. The van der Waals surface area contributed by atoms with E-state index in [1.165, 1.54) is 62.5 Å². The number of allylic oxidation sites excluding steroid dienone is 3. The highest BCUT2D eigenvalue weighted by atomic mass is 32.1. The lowest BCUT2D eigenvalue weighted by Gasteiger charge is -2.51. The van der Waals surface area contributed by atoms with E-state index in [1.807, 2.05) is 6.07 Å². The Balaban J connectivity index is 1.56. The minimum absolute atomic E-state index is 0.227. The first-order valence-corrected chi connectivity index (χ1v) is 17.5. The second-order valence-electron chi connectivity index (χ2n) is 12.2. The number of esters is 1. The van der Waals surface area contributed by atoms with Gasteiger partial charge in [0.15, 0.2) is 8.32 Å². The van der Waals surface area contributed by atoms with Gasteiger partial charge in [0, 0.05) is 4.88 Å². The summed E-state index contributed by atoms with van der Waals surface area (Å²) < 4.78 is 11.9. The normalized spacial score (nSPS) is 21.1. The van der Waals surface area contributed by atoms with E-state index in [2.05, 4.69) is 65.1 Å². The molecule has 1 unspecified atom stereocenters. The molecule has 2 aliphatic carbocycles. The van der Waals surface area contributed by atoms with Gasteiger partial charge in [-0.3, -0.25) is 0 Å². The highest BCUT2D eigenvalue weighted by Gasteiger charge is 2.47. The molecule has 0 amide bonds. The Bertz CT molecular complexity index is 895. The number of rotatable bonds is 12. The predicted octanol–water partition coefficient (Wildman–Crippen LogP) is 9.11. The second-order valence-corrected chi connectivity index (χ2v) is 18.1. The van der Waals surface area contributed by atoms with Gasteiger partial charge in [0.05, 0.1) is 13.2 Å². The Morgan fingerprint density at radius 3 is 2.63 bits per heavy atom. The van der Waals surface area contributed by atoms with Gasteiger partial charge >= 0.3 is 5.97 Å². The van der Waals surface area contributed by atoms with Gasteiger partial charge in [-0.2, -0.15) is 0 Å². The molecule has 2 aliphatic rings. The maximum atomic E-state index is 11.7. The van der Waals surface area contributed by atoms with Crippen molar-refractivity contribution in [2.24, 2.45) is 11.3 Å². The molecule has 1 saturated carbocycles. The fourth-order valence-corrected chi connectivity index (χ4v) is 7.74. The van der Waals surface area contributed by atoms with Crippen LogP contribution in [0.2, 0.25) is 18.1 Å². The molecule has 0 radical (unpaired) electrons. The van der Waals surface area contributed by atoms with E-state index in [0.29, 0.717) is 22.3 Å². The molecule has 0 spiro atoms. The van der Waals surface area contributed by atoms with E-state index in [-0.39, 0.29) is 11.0 Å². The fraction of sp³-hybridized carbons (Fsp3) is 0.700. The number of hydrogen-bond acceptors (Lipinski definition) is 4. The molecule has 0 saturated heterocycles. The third kappa shape index (κ3) is 6.99. The first kappa shape index (κ1) is 28.4. The Kier molecular flexibility index (Phi) is 9.67. The maximum absolute atomic E-state index is 11.7. The molecule has 0 bridgehead atoms. The summed E-state index contributed by atoms with van der Waals surface area (Å²) in [6.45, 7) is 14.2. The molecule has 196 valence electrons. The molecule has 35 heavy (non-hydrogen) atoms. The molecule has 5 heteroatoms. The van der Waals surface area contributed by atoms with Crippen molar-refractivity contribution in [1.82, 2.24) is 0 Å². The van der Waals surface area contributed by atoms with E-state index in [0.717, 1.165) is 19.3 Å². The van der Waals surface area contributed by atoms with E-state index >= 15 is 0 Å². The molecule has 1 aromatic rings. The van der Waals surface area contributed by atoms with E-state index in [1.54, 1.807) is 11.3 Å². The summed E-state index contributed by atoms with van der Waals surface area (Å²) in [6.07, 6.45) is 19.8. The van der Waals surface area contributed by atoms with Crippen LogP contribution < -0.4 is 0 Å². The SMILES string of the molecule is CCC1(C(CC=CC2=CCC[C@@H]2CCCc2ccc(C(=O)OC)s2)O[Si](C)(C)C(C)(C)C)CCC1. The van der Waals surface area contributed by atoms with Crippen LogP contribution in [0.3, 0.4) is 0 Å².